The summed E-state index contributed by atoms with van der Waals surface area (Å²) >= 11 is 0. The number of hydrogen-bond acceptors (Lipinski definition) is 4. The molecule has 1 heterocycles. The smallest absolute Gasteiger partial charge is 0.269 e. The van der Waals surface area contributed by atoms with Crippen LogP contribution in [0.25, 0.3) is 0 Å². The Hall–Kier alpha value is -1.46. The highest BCUT2D eigenvalue weighted by molar-refractivity contribution is 5.35. The third-order valence-electron chi connectivity index (χ3n) is 4.53. The second-order valence-electron chi connectivity index (χ2n) is 6.05. The molecule has 2 fully saturated rings. The lowest BCUT2D eigenvalue weighted by atomic mass is 9.99. The van der Waals surface area contributed by atoms with Crippen LogP contribution in [0, 0.1) is 16.0 Å². The van der Waals surface area contributed by atoms with Crippen molar-refractivity contribution in [2.24, 2.45) is 5.92 Å². The zero-order valence-corrected chi connectivity index (χ0v) is 12.3. The van der Waals surface area contributed by atoms with Crippen molar-refractivity contribution in [1.82, 2.24) is 5.32 Å². The predicted octanol–water partition coefficient (Wildman–Crippen LogP) is 3.20. The van der Waals surface area contributed by atoms with E-state index in [1.807, 2.05) is 6.07 Å². The molecule has 0 aromatic heterocycles. The molecule has 5 nitrogen and oxygen atoms in total. The Bertz CT molecular complexity index is 516. The number of hydrogen-bond donors (Lipinski definition) is 1. The summed E-state index contributed by atoms with van der Waals surface area (Å²) < 4.78 is 5.86. The first-order valence-corrected chi connectivity index (χ1v) is 7.81. The van der Waals surface area contributed by atoms with Gasteiger partial charge in [0.05, 0.1) is 11.0 Å². The molecular formula is C16H22N2O3. The summed E-state index contributed by atoms with van der Waals surface area (Å²) in [6.07, 6.45) is 4.83. The lowest BCUT2D eigenvalue weighted by molar-refractivity contribution is -0.384. The summed E-state index contributed by atoms with van der Waals surface area (Å²) in [6.45, 7) is 2.93. The highest BCUT2D eigenvalue weighted by atomic mass is 16.6. The van der Waals surface area contributed by atoms with E-state index >= 15 is 0 Å². The minimum atomic E-state index is -0.331. The number of nitrogens with one attached hydrogen (secondary N) is 1. The van der Waals surface area contributed by atoms with E-state index in [0.29, 0.717) is 18.1 Å². The maximum Gasteiger partial charge on any atom is 0.269 e. The maximum atomic E-state index is 10.9. The Morgan fingerprint density at radius 1 is 1.43 bits per heavy atom. The quantitative estimate of drug-likeness (QED) is 0.645. The molecule has 21 heavy (non-hydrogen) atoms. The number of nitro groups is 1. The number of ether oxygens (including phenoxy) is 1. The normalized spacial score (nSPS) is 26.7. The topological polar surface area (TPSA) is 64.4 Å². The van der Waals surface area contributed by atoms with Gasteiger partial charge in [0.1, 0.15) is 0 Å². The zero-order chi connectivity index (χ0) is 14.8. The summed E-state index contributed by atoms with van der Waals surface area (Å²) in [5.74, 6) is 0.715. The van der Waals surface area contributed by atoms with E-state index in [9.17, 15) is 10.1 Å². The van der Waals surface area contributed by atoms with Crippen molar-refractivity contribution in [2.45, 2.75) is 50.8 Å². The number of benzene rings is 1. The van der Waals surface area contributed by atoms with E-state index < -0.39 is 0 Å². The van der Waals surface area contributed by atoms with Crippen molar-refractivity contribution < 1.29 is 9.66 Å². The summed E-state index contributed by atoms with van der Waals surface area (Å²) in [5, 5.41) is 14.6. The first-order chi connectivity index (χ1) is 10.2. The molecule has 1 aromatic rings. The second kappa shape index (κ2) is 6.12. The zero-order valence-electron chi connectivity index (χ0n) is 12.3. The van der Waals surface area contributed by atoms with Gasteiger partial charge >= 0.3 is 0 Å². The monoisotopic (exact) mass is 290 g/mol. The van der Waals surface area contributed by atoms with Crippen LogP contribution >= 0.6 is 0 Å². The molecule has 0 bridgehead atoms. The molecule has 0 radical (unpaired) electrons. The minimum absolute atomic E-state index is 0.151. The lowest BCUT2D eigenvalue weighted by Crippen LogP contribution is -2.39. The van der Waals surface area contributed by atoms with Crippen LogP contribution < -0.4 is 5.32 Å². The van der Waals surface area contributed by atoms with Crippen molar-refractivity contribution in [1.29, 1.82) is 0 Å². The van der Waals surface area contributed by atoms with Gasteiger partial charge in [-0.15, -0.1) is 0 Å². The molecule has 0 amide bonds. The summed E-state index contributed by atoms with van der Waals surface area (Å²) in [6, 6.07) is 7.49. The van der Waals surface area contributed by atoms with Crippen molar-refractivity contribution in [3.8, 4) is 0 Å². The summed E-state index contributed by atoms with van der Waals surface area (Å²) in [7, 11) is 0. The molecule has 1 N–H and O–H groups in total. The fraction of sp³-hybridized carbons (Fsp3) is 0.625. The van der Waals surface area contributed by atoms with Crippen molar-refractivity contribution in [3.05, 3.63) is 39.9 Å². The maximum absolute atomic E-state index is 10.9. The SMILES string of the molecule is CCC(NC1CCOC1C1CC1)c1cccc([N+](=O)[O-])c1. The average molecular weight is 290 g/mol. The van der Waals surface area contributed by atoms with Crippen LogP contribution in [0.15, 0.2) is 24.3 Å². The number of nitrogens with zero attached hydrogens (tertiary/aromatic N) is 1. The van der Waals surface area contributed by atoms with Crippen molar-refractivity contribution >= 4 is 5.69 Å². The van der Waals surface area contributed by atoms with E-state index in [-0.39, 0.29) is 16.7 Å². The molecule has 1 saturated heterocycles. The highest BCUT2D eigenvalue weighted by Crippen LogP contribution is 2.39. The Kier molecular flexibility index (Phi) is 4.22. The molecule has 3 rings (SSSR count). The molecule has 3 atom stereocenters. The molecule has 1 aromatic carbocycles. The van der Waals surface area contributed by atoms with Crippen molar-refractivity contribution in [3.63, 3.8) is 0 Å². The molecule has 1 saturated carbocycles. The van der Waals surface area contributed by atoms with Gasteiger partial charge in [-0.25, -0.2) is 0 Å². The molecule has 2 aliphatic rings. The van der Waals surface area contributed by atoms with Gasteiger partial charge in [-0.3, -0.25) is 10.1 Å². The molecule has 1 aliphatic heterocycles. The molecule has 114 valence electrons. The van der Waals surface area contributed by atoms with Gasteiger partial charge < -0.3 is 10.1 Å². The third-order valence-corrected chi connectivity index (χ3v) is 4.53. The minimum Gasteiger partial charge on any atom is -0.376 e. The summed E-state index contributed by atoms with van der Waals surface area (Å²) in [5.41, 5.74) is 1.15. The predicted molar refractivity (Wildman–Crippen MR) is 80.1 cm³/mol. The molecule has 3 unspecified atom stereocenters. The van der Waals surface area contributed by atoms with Crippen LogP contribution in [0.4, 0.5) is 5.69 Å². The highest BCUT2D eigenvalue weighted by Gasteiger charge is 2.41. The lowest BCUT2D eigenvalue weighted by Gasteiger charge is -2.26. The fourth-order valence-electron chi connectivity index (χ4n) is 3.24. The van der Waals surface area contributed by atoms with Crippen LogP contribution in [0.5, 0.6) is 0 Å². The van der Waals surface area contributed by atoms with E-state index in [0.717, 1.165) is 25.0 Å². The van der Waals surface area contributed by atoms with Gasteiger partial charge in [0.2, 0.25) is 0 Å². The third kappa shape index (κ3) is 3.24. The van der Waals surface area contributed by atoms with E-state index in [1.54, 1.807) is 18.2 Å². The Labute approximate surface area is 124 Å². The summed E-state index contributed by atoms with van der Waals surface area (Å²) in [4.78, 5) is 10.6. The van der Waals surface area contributed by atoms with Gasteiger partial charge in [-0.2, -0.15) is 0 Å². The largest absolute Gasteiger partial charge is 0.376 e. The molecular weight excluding hydrogens is 268 g/mol. The van der Waals surface area contributed by atoms with Crippen LogP contribution in [0.3, 0.4) is 0 Å². The van der Waals surface area contributed by atoms with Crippen LogP contribution in [0.1, 0.15) is 44.2 Å². The van der Waals surface area contributed by atoms with Gasteiger partial charge in [0, 0.05) is 30.8 Å². The van der Waals surface area contributed by atoms with E-state index in [2.05, 4.69) is 12.2 Å². The van der Waals surface area contributed by atoms with Crippen LogP contribution in [0.2, 0.25) is 0 Å². The van der Waals surface area contributed by atoms with Crippen molar-refractivity contribution in [2.75, 3.05) is 6.61 Å². The average Bonchev–Trinajstić information content (AvgIpc) is 3.24. The Balaban J connectivity index is 1.72. The standard InChI is InChI=1S/C16H22N2O3/c1-2-14(12-4-3-5-13(10-12)18(19)20)17-15-8-9-21-16(15)11-6-7-11/h3-5,10-11,14-17H,2,6-9H2,1H3. The second-order valence-corrected chi connectivity index (χ2v) is 6.05. The fourth-order valence-corrected chi connectivity index (χ4v) is 3.24. The van der Waals surface area contributed by atoms with Crippen LogP contribution in [-0.4, -0.2) is 23.7 Å². The first-order valence-electron chi connectivity index (χ1n) is 7.81. The number of rotatable bonds is 6. The Morgan fingerprint density at radius 3 is 2.90 bits per heavy atom. The number of non-ortho nitro benzene ring substituents is 1. The van der Waals surface area contributed by atoms with Gasteiger partial charge in [0.15, 0.2) is 0 Å². The first kappa shape index (κ1) is 14.5. The van der Waals surface area contributed by atoms with Gasteiger partial charge in [0.25, 0.3) is 5.69 Å². The van der Waals surface area contributed by atoms with Gasteiger partial charge in [-0.05, 0) is 37.2 Å². The van der Waals surface area contributed by atoms with Gasteiger partial charge in [-0.1, -0.05) is 19.1 Å². The van der Waals surface area contributed by atoms with E-state index in [1.165, 1.54) is 12.8 Å². The molecule has 1 aliphatic carbocycles. The Morgan fingerprint density at radius 2 is 2.24 bits per heavy atom. The van der Waals surface area contributed by atoms with E-state index in [4.69, 9.17) is 4.74 Å². The number of nitro benzene ring substituents is 1. The van der Waals surface area contributed by atoms with Crippen LogP contribution in [-0.2, 0) is 4.74 Å². The molecule has 0 spiro atoms. The molecule has 5 heteroatoms.